The van der Waals surface area contributed by atoms with Gasteiger partial charge in [0.2, 0.25) is 11.7 Å². The summed E-state index contributed by atoms with van der Waals surface area (Å²) in [6, 6.07) is 15.6. The van der Waals surface area contributed by atoms with E-state index in [9.17, 15) is 9.59 Å². The molecule has 0 saturated heterocycles. The number of aryl methyl sites for hydroxylation is 2. The van der Waals surface area contributed by atoms with Crippen molar-refractivity contribution in [1.82, 2.24) is 24.1 Å². The van der Waals surface area contributed by atoms with Crippen LogP contribution in [0.4, 0.5) is 0 Å². The summed E-state index contributed by atoms with van der Waals surface area (Å²) in [4.78, 5) is 27.3. The number of hydrogen-bond acceptors (Lipinski definition) is 5. The van der Waals surface area contributed by atoms with E-state index >= 15 is 0 Å². The highest BCUT2D eigenvalue weighted by Crippen LogP contribution is 2.22. The second kappa shape index (κ2) is 8.93. The van der Waals surface area contributed by atoms with E-state index in [1.54, 1.807) is 16.5 Å². The molecule has 4 aromatic rings. The molecule has 0 fully saturated rings. The van der Waals surface area contributed by atoms with Gasteiger partial charge in [0, 0.05) is 20.1 Å². The van der Waals surface area contributed by atoms with E-state index in [0.29, 0.717) is 29.4 Å². The van der Waals surface area contributed by atoms with Crippen molar-refractivity contribution < 1.29 is 4.79 Å². The molecule has 31 heavy (non-hydrogen) atoms. The van der Waals surface area contributed by atoms with Crippen LogP contribution in [-0.4, -0.2) is 42.8 Å². The average Bonchev–Trinajstić information content (AvgIpc) is 3.20. The van der Waals surface area contributed by atoms with Gasteiger partial charge in [0.1, 0.15) is 0 Å². The lowest BCUT2D eigenvalue weighted by molar-refractivity contribution is -0.127. The Labute approximate surface area is 184 Å². The van der Waals surface area contributed by atoms with Crippen LogP contribution in [0.3, 0.4) is 0 Å². The molecule has 2 aromatic heterocycles. The van der Waals surface area contributed by atoms with E-state index in [4.69, 9.17) is 0 Å². The zero-order valence-electron chi connectivity index (χ0n) is 17.9. The molecule has 2 heterocycles. The number of benzene rings is 2. The molecule has 7 nitrogen and oxygen atoms in total. The zero-order chi connectivity index (χ0) is 22.0. The SMILES string of the molecule is CCCn1c(=O)c2ccccc2n2c(SCC(=O)N(C)Cc3ccc(C)cc3)nnc12. The van der Waals surface area contributed by atoms with Gasteiger partial charge >= 0.3 is 0 Å². The first-order valence-electron chi connectivity index (χ1n) is 10.3. The fourth-order valence-corrected chi connectivity index (χ4v) is 4.42. The van der Waals surface area contributed by atoms with E-state index in [1.807, 2.05) is 66.8 Å². The molecule has 0 spiro atoms. The van der Waals surface area contributed by atoms with Crippen LogP contribution < -0.4 is 5.56 Å². The highest BCUT2D eigenvalue weighted by atomic mass is 32.2. The van der Waals surface area contributed by atoms with Crippen LogP contribution in [0.15, 0.2) is 58.5 Å². The number of fused-ring (bicyclic) bond motifs is 3. The number of carbonyl (C=O) groups is 1. The summed E-state index contributed by atoms with van der Waals surface area (Å²) in [7, 11) is 1.80. The molecule has 160 valence electrons. The minimum absolute atomic E-state index is 0.00788. The summed E-state index contributed by atoms with van der Waals surface area (Å²) in [5, 5.41) is 9.80. The van der Waals surface area contributed by atoms with Crippen molar-refractivity contribution in [3.63, 3.8) is 0 Å². The molecule has 1 amide bonds. The summed E-state index contributed by atoms with van der Waals surface area (Å²) in [6.45, 7) is 5.18. The Bertz CT molecular complexity index is 1290. The summed E-state index contributed by atoms with van der Waals surface area (Å²) in [6.07, 6.45) is 0.811. The zero-order valence-corrected chi connectivity index (χ0v) is 18.7. The summed E-state index contributed by atoms with van der Waals surface area (Å²) in [5.41, 5.74) is 2.97. The predicted octanol–water partition coefficient (Wildman–Crippen LogP) is 3.51. The van der Waals surface area contributed by atoms with Gasteiger partial charge < -0.3 is 4.90 Å². The molecular weight excluding hydrogens is 410 g/mol. The van der Waals surface area contributed by atoms with Crippen LogP contribution in [0.5, 0.6) is 0 Å². The molecule has 4 rings (SSSR count). The van der Waals surface area contributed by atoms with Gasteiger partial charge in [-0.05, 0) is 31.0 Å². The quantitative estimate of drug-likeness (QED) is 0.416. The minimum Gasteiger partial charge on any atom is -0.341 e. The molecule has 0 unspecified atom stereocenters. The maximum Gasteiger partial charge on any atom is 0.262 e. The summed E-state index contributed by atoms with van der Waals surface area (Å²) in [5.74, 6) is 0.756. The van der Waals surface area contributed by atoms with Gasteiger partial charge in [-0.15, -0.1) is 10.2 Å². The Morgan fingerprint density at radius 3 is 2.58 bits per heavy atom. The van der Waals surface area contributed by atoms with Gasteiger partial charge in [0.15, 0.2) is 5.16 Å². The number of rotatable bonds is 7. The van der Waals surface area contributed by atoms with Gasteiger partial charge in [0.25, 0.3) is 5.56 Å². The fraction of sp³-hybridized carbons (Fsp3) is 0.304. The fourth-order valence-electron chi connectivity index (χ4n) is 3.54. The van der Waals surface area contributed by atoms with Crippen molar-refractivity contribution in [2.45, 2.75) is 38.5 Å². The van der Waals surface area contributed by atoms with Crippen LogP contribution in [0.1, 0.15) is 24.5 Å². The van der Waals surface area contributed by atoms with E-state index in [1.165, 1.54) is 17.3 Å². The van der Waals surface area contributed by atoms with Crippen molar-refractivity contribution in [2.75, 3.05) is 12.8 Å². The summed E-state index contributed by atoms with van der Waals surface area (Å²) < 4.78 is 3.54. The Hall–Kier alpha value is -3.13. The predicted molar refractivity (Wildman–Crippen MR) is 123 cm³/mol. The number of carbonyl (C=O) groups excluding carboxylic acids is 1. The maximum absolute atomic E-state index is 12.9. The van der Waals surface area contributed by atoms with Crippen LogP contribution in [-0.2, 0) is 17.9 Å². The van der Waals surface area contributed by atoms with Crippen molar-refractivity contribution in [3.8, 4) is 0 Å². The number of aromatic nitrogens is 4. The monoisotopic (exact) mass is 435 g/mol. The molecule has 2 aromatic carbocycles. The number of nitrogens with zero attached hydrogens (tertiary/aromatic N) is 5. The molecule has 0 atom stereocenters. The number of hydrogen-bond donors (Lipinski definition) is 0. The Morgan fingerprint density at radius 1 is 1.10 bits per heavy atom. The van der Waals surface area contributed by atoms with Crippen LogP contribution in [0, 0.1) is 6.92 Å². The highest BCUT2D eigenvalue weighted by Gasteiger charge is 2.18. The second-order valence-corrected chi connectivity index (χ2v) is 8.56. The van der Waals surface area contributed by atoms with E-state index in [-0.39, 0.29) is 17.2 Å². The minimum atomic E-state index is -0.0668. The largest absolute Gasteiger partial charge is 0.341 e. The third kappa shape index (κ3) is 4.20. The number of para-hydroxylation sites is 1. The maximum atomic E-state index is 12.9. The first kappa shape index (κ1) is 21.1. The average molecular weight is 436 g/mol. The number of thioether (sulfide) groups is 1. The summed E-state index contributed by atoms with van der Waals surface area (Å²) >= 11 is 1.34. The highest BCUT2D eigenvalue weighted by molar-refractivity contribution is 7.99. The van der Waals surface area contributed by atoms with Gasteiger partial charge in [-0.25, -0.2) is 0 Å². The molecule has 0 bridgehead atoms. The molecule has 0 saturated carbocycles. The first-order chi connectivity index (χ1) is 15.0. The molecule has 0 aliphatic heterocycles. The first-order valence-corrected chi connectivity index (χ1v) is 11.3. The van der Waals surface area contributed by atoms with Crippen molar-refractivity contribution in [2.24, 2.45) is 0 Å². The second-order valence-electron chi connectivity index (χ2n) is 7.62. The Balaban J connectivity index is 1.59. The molecule has 0 N–H and O–H groups in total. The molecular formula is C23H25N5O2S. The normalized spacial score (nSPS) is 11.3. The van der Waals surface area contributed by atoms with E-state index < -0.39 is 0 Å². The van der Waals surface area contributed by atoms with Gasteiger partial charge in [-0.1, -0.05) is 60.6 Å². The standard InChI is InChI=1S/C23H25N5O2S/c1-4-13-27-21(30)18-7-5-6-8-19(18)28-22(27)24-25-23(28)31-15-20(29)26(3)14-17-11-9-16(2)10-12-17/h5-12H,4,13-15H2,1-3H3. The van der Waals surface area contributed by atoms with Gasteiger partial charge in [-0.3, -0.25) is 18.6 Å². The topological polar surface area (TPSA) is 72.5 Å². The Morgan fingerprint density at radius 2 is 1.84 bits per heavy atom. The van der Waals surface area contributed by atoms with Crippen LogP contribution >= 0.6 is 11.8 Å². The smallest absolute Gasteiger partial charge is 0.262 e. The van der Waals surface area contributed by atoms with Gasteiger partial charge in [0.05, 0.1) is 16.7 Å². The lowest BCUT2D eigenvalue weighted by atomic mass is 10.1. The Kier molecular flexibility index (Phi) is 6.08. The van der Waals surface area contributed by atoms with Crippen molar-refractivity contribution in [3.05, 3.63) is 70.0 Å². The van der Waals surface area contributed by atoms with Crippen LogP contribution in [0.2, 0.25) is 0 Å². The third-order valence-corrected chi connectivity index (χ3v) is 6.13. The van der Waals surface area contributed by atoms with Crippen molar-refractivity contribution in [1.29, 1.82) is 0 Å². The van der Waals surface area contributed by atoms with Crippen molar-refractivity contribution >= 4 is 34.3 Å². The third-order valence-electron chi connectivity index (χ3n) is 5.22. The van der Waals surface area contributed by atoms with Crippen LogP contribution in [0.25, 0.3) is 16.7 Å². The lowest BCUT2D eigenvalue weighted by Crippen LogP contribution is -2.28. The molecule has 0 radical (unpaired) electrons. The van der Waals surface area contributed by atoms with E-state index in [2.05, 4.69) is 10.2 Å². The molecule has 0 aliphatic carbocycles. The number of amides is 1. The lowest BCUT2D eigenvalue weighted by Gasteiger charge is -2.17. The molecule has 8 heteroatoms. The molecule has 0 aliphatic rings. The van der Waals surface area contributed by atoms with Gasteiger partial charge in [-0.2, -0.15) is 0 Å². The van der Waals surface area contributed by atoms with E-state index in [0.717, 1.165) is 17.5 Å².